The van der Waals surface area contributed by atoms with Gasteiger partial charge in [-0.05, 0) is 59.7 Å². The Labute approximate surface area is 205 Å². The first kappa shape index (κ1) is 23.6. The van der Waals surface area contributed by atoms with Crippen molar-refractivity contribution in [3.05, 3.63) is 89.4 Å². The van der Waals surface area contributed by atoms with Crippen molar-refractivity contribution in [2.45, 2.75) is 9.96 Å². The smallest absolute Gasteiger partial charge is 0.252 e. The Hall–Kier alpha value is -2.02. The summed E-state index contributed by atoms with van der Waals surface area (Å²) in [7, 11) is 0. The topological polar surface area (TPSA) is 53.2 Å². The van der Waals surface area contributed by atoms with Crippen LogP contribution in [0.1, 0.15) is 10.4 Å². The molecule has 0 heterocycles. The maximum atomic E-state index is 12.5. The highest BCUT2D eigenvalue weighted by molar-refractivity contribution is 7.80. The number of nitrogens with one attached hydrogen (secondary N) is 3. The van der Waals surface area contributed by atoms with Crippen molar-refractivity contribution < 1.29 is 4.79 Å². The number of carbonyl (C=O) groups is 1. The summed E-state index contributed by atoms with van der Waals surface area (Å²) in [5.41, 5.74) is 3.28. The minimum Gasteiger partial charge on any atom is -0.339 e. The number of hydrogen-bond acceptors (Lipinski definition) is 2. The van der Waals surface area contributed by atoms with Gasteiger partial charge in [0.2, 0.25) is 3.79 Å². The van der Waals surface area contributed by atoms with Gasteiger partial charge in [0.1, 0.15) is 6.17 Å². The van der Waals surface area contributed by atoms with Crippen molar-refractivity contribution in [2.75, 3.05) is 5.32 Å². The van der Waals surface area contributed by atoms with Crippen LogP contribution < -0.4 is 16.0 Å². The van der Waals surface area contributed by atoms with Crippen molar-refractivity contribution in [3.8, 4) is 11.1 Å². The van der Waals surface area contributed by atoms with Crippen molar-refractivity contribution in [1.29, 1.82) is 0 Å². The largest absolute Gasteiger partial charge is 0.339 e. The fraction of sp³-hybridized carbons (Fsp3) is 0.0909. The van der Waals surface area contributed by atoms with E-state index in [0.29, 0.717) is 10.6 Å². The second kappa shape index (κ2) is 10.5. The summed E-state index contributed by atoms with van der Waals surface area (Å²) in [6, 6.07) is 24.0. The van der Waals surface area contributed by atoms with Crippen LogP contribution in [0.25, 0.3) is 11.1 Å². The van der Waals surface area contributed by atoms with Crippen molar-refractivity contribution in [1.82, 2.24) is 10.6 Å². The third kappa shape index (κ3) is 6.99. The number of carbonyl (C=O) groups excluding carboxylic acids is 1. The van der Waals surface area contributed by atoms with Crippen LogP contribution in [0.5, 0.6) is 0 Å². The molecular formula is C22H17Cl4N3OS. The number of alkyl halides is 3. The predicted molar refractivity (Wildman–Crippen MR) is 134 cm³/mol. The summed E-state index contributed by atoms with van der Waals surface area (Å²) in [6.45, 7) is 0. The lowest BCUT2D eigenvalue weighted by Crippen LogP contribution is -2.56. The molecular weight excluding hydrogens is 496 g/mol. The van der Waals surface area contributed by atoms with Crippen LogP contribution >= 0.6 is 58.6 Å². The molecule has 160 valence electrons. The van der Waals surface area contributed by atoms with Gasteiger partial charge in [-0.3, -0.25) is 4.79 Å². The Morgan fingerprint density at radius 3 is 1.97 bits per heavy atom. The first-order valence-electron chi connectivity index (χ1n) is 9.08. The van der Waals surface area contributed by atoms with Crippen LogP contribution in [0.3, 0.4) is 0 Å². The Bertz CT molecular complexity index is 1040. The zero-order chi connectivity index (χ0) is 22.4. The fourth-order valence-electron chi connectivity index (χ4n) is 2.69. The maximum absolute atomic E-state index is 12.5. The summed E-state index contributed by atoms with van der Waals surface area (Å²) in [4.78, 5) is 12.5. The summed E-state index contributed by atoms with van der Waals surface area (Å²) in [6.07, 6.45) is -1.08. The molecule has 0 saturated carbocycles. The van der Waals surface area contributed by atoms with E-state index in [2.05, 4.69) is 16.0 Å². The number of halogens is 4. The molecule has 3 N–H and O–H groups in total. The van der Waals surface area contributed by atoms with Crippen LogP contribution in [-0.2, 0) is 0 Å². The summed E-state index contributed by atoms with van der Waals surface area (Å²) in [5.74, 6) is -0.449. The van der Waals surface area contributed by atoms with E-state index >= 15 is 0 Å². The Morgan fingerprint density at radius 1 is 0.806 bits per heavy atom. The highest BCUT2D eigenvalue weighted by Gasteiger charge is 2.34. The highest BCUT2D eigenvalue weighted by atomic mass is 35.6. The third-order valence-corrected chi connectivity index (χ3v) is 5.36. The van der Waals surface area contributed by atoms with Crippen LogP contribution in [0.2, 0.25) is 5.02 Å². The quantitative estimate of drug-likeness (QED) is 0.210. The molecule has 0 radical (unpaired) electrons. The molecule has 4 nitrogen and oxygen atoms in total. The molecule has 0 aliphatic rings. The van der Waals surface area contributed by atoms with Gasteiger partial charge in [-0.15, -0.1) is 0 Å². The van der Waals surface area contributed by atoms with E-state index in [1.807, 2.05) is 54.6 Å². The van der Waals surface area contributed by atoms with Gasteiger partial charge in [0, 0.05) is 16.3 Å². The molecule has 0 aliphatic carbocycles. The van der Waals surface area contributed by atoms with Crippen molar-refractivity contribution in [2.24, 2.45) is 0 Å². The summed E-state index contributed by atoms with van der Waals surface area (Å²) >= 11 is 29.3. The molecule has 3 aromatic carbocycles. The zero-order valence-corrected chi connectivity index (χ0v) is 19.8. The number of benzene rings is 3. The van der Waals surface area contributed by atoms with Crippen LogP contribution in [0, 0.1) is 0 Å². The summed E-state index contributed by atoms with van der Waals surface area (Å²) < 4.78 is -1.86. The fourth-order valence-corrected chi connectivity index (χ4v) is 3.38. The standard InChI is InChI=1S/C22H17Cl4N3OS/c23-17-10-6-16(7-11-17)19(30)28-20(22(24,25)26)29-21(31)27-18-12-8-15(9-13-18)14-4-2-1-3-5-14/h1-13,20H,(H,28,30)(H2,27,29,31). The molecule has 1 amide bonds. The van der Waals surface area contributed by atoms with Gasteiger partial charge >= 0.3 is 0 Å². The lowest BCUT2D eigenvalue weighted by atomic mass is 10.1. The Kier molecular flexibility index (Phi) is 8.03. The number of hydrogen-bond donors (Lipinski definition) is 3. The van der Waals surface area contributed by atoms with Crippen LogP contribution in [0.4, 0.5) is 5.69 Å². The second-order valence-corrected chi connectivity index (χ2v) is 9.71. The normalized spacial score (nSPS) is 12.0. The van der Waals surface area contributed by atoms with E-state index in [9.17, 15) is 4.79 Å². The monoisotopic (exact) mass is 511 g/mol. The molecule has 0 spiro atoms. The average molecular weight is 513 g/mol. The van der Waals surface area contributed by atoms with Gasteiger partial charge in [0.05, 0.1) is 0 Å². The van der Waals surface area contributed by atoms with Crippen LogP contribution in [-0.4, -0.2) is 21.0 Å². The molecule has 0 bridgehead atoms. The zero-order valence-electron chi connectivity index (χ0n) is 15.9. The first-order valence-corrected chi connectivity index (χ1v) is 11.0. The molecule has 1 unspecified atom stereocenters. The molecule has 0 aliphatic heterocycles. The number of anilines is 1. The SMILES string of the molecule is O=C(NC(NC(=S)Nc1ccc(-c2ccccc2)cc1)C(Cl)(Cl)Cl)c1ccc(Cl)cc1. The van der Waals surface area contributed by atoms with Gasteiger partial charge in [0.15, 0.2) is 5.11 Å². The number of amides is 1. The average Bonchev–Trinajstić information content (AvgIpc) is 2.74. The van der Waals surface area contributed by atoms with Crippen molar-refractivity contribution >= 4 is 75.3 Å². The lowest BCUT2D eigenvalue weighted by molar-refractivity contribution is 0.0934. The first-order chi connectivity index (χ1) is 14.7. The van der Waals surface area contributed by atoms with Crippen molar-refractivity contribution in [3.63, 3.8) is 0 Å². The van der Waals surface area contributed by atoms with Crippen LogP contribution in [0.15, 0.2) is 78.9 Å². The molecule has 0 aromatic heterocycles. The van der Waals surface area contributed by atoms with Gasteiger partial charge < -0.3 is 16.0 Å². The van der Waals surface area contributed by atoms with Gasteiger partial charge in [-0.1, -0.05) is 88.9 Å². The Balaban J connectivity index is 1.64. The molecule has 0 fully saturated rings. The molecule has 1 atom stereocenters. The van der Waals surface area contributed by atoms with Gasteiger partial charge in [0.25, 0.3) is 5.91 Å². The van der Waals surface area contributed by atoms with E-state index in [0.717, 1.165) is 16.8 Å². The van der Waals surface area contributed by atoms with Gasteiger partial charge in [-0.25, -0.2) is 0 Å². The minimum atomic E-state index is -1.86. The number of rotatable bonds is 5. The molecule has 31 heavy (non-hydrogen) atoms. The van der Waals surface area contributed by atoms with E-state index in [1.54, 1.807) is 24.3 Å². The minimum absolute atomic E-state index is 0.181. The number of thiocarbonyl (C=S) groups is 1. The highest BCUT2D eigenvalue weighted by Crippen LogP contribution is 2.29. The lowest BCUT2D eigenvalue weighted by Gasteiger charge is -2.27. The maximum Gasteiger partial charge on any atom is 0.252 e. The second-order valence-electron chi connectivity index (χ2n) is 6.50. The molecule has 3 rings (SSSR count). The predicted octanol–water partition coefficient (Wildman–Crippen LogP) is 6.42. The van der Waals surface area contributed by atoms with E-state index < -0.39 is 15.9 Å². The van der Waals surface area contributed by atoms with E-state index in [-0.39, 0.29) is 5.11 Å². The van der Waals surface area contributed by atoms with E-state index in [1.165, 1.54) is 0 Å². The molecule has 0 saturated heterocycles. The molecule has 3 aromatic rings. The van der Waals surface area contributed by atoms with Gasteiger partial charge in [-0.2, -0.15) is 0 Å². The third-order valence-electron chi connectivity index (χ3n) is 4.23. The summed E-state index contributed by atoms with van der Waals surface area (Å²) in [5, 5.41) is 9.16. The van der Waals surface area contributed by atoms with E-state index in [4.69, 9.17) is 58.6 Å². The molecule has 9 heteroatoms. The Morgan fingerprint density at radius 2 is 1.39 bits per heavy atom.